The van der Waals surface area contributed by atoms with Crippen molar-refractivity contribution in [3.05, 3.63) is 0 Å². The van der Waals surface area contributed by atoms with Crippen molar-refractivity contribution in [3.63, 3.8) is 0 Å². The first kappa shape index (κ1) is 12.0. The summed E-state index contributed by atoms with van der Waals surface area (Å²) in [6.07, 6.45) is 6.72. The molecule has 0 aromatic carbocycles. The summed E-state index contributed by atoms with van der Waals surface area (Å²) < 4.78 is 0. The van der Waals surface area contributed by atoms with Gasteiger partial charge >= 0.3 is 0 Å². The maximum absolute atomic E-state index is 5.78. The van der Waals surface area contributed by atoms with Crippen molar-refractivity contribution in [1.29, 1.82) is 0 Å². The Morgan fingerprint density at radius 1 is 1.29 bits per heavy atom. The van der Waals surface area contributed by atoms with E-state index < -0.39 is 0 Å². The number of hydrogen-bond donors (Lipinski definition) is 1. The highest BCUT2D eigenvalue weighted by molar-refractivity contribution is 4.80. The Bertz CT molecular complexity index is 146. The van der Waals surface area contributed by atoms with Gasteiger partial charge in [0.2, 0.25) is 0 Å². The highest BCUT2D eigenvalue weighted by Gasteiger charge is 2.24. The molecule has 1 unspecified atom stereocenters. The molecule has 2 nitrogen and oxygen atoms in total. The molecular formula is C12H26N2. The molecule has 0 saturated heterocycles. The first-order valence-corrected chi connectivity index (χ1v) is 6.11. The van der Waals surface area contributed by atoms with Crippen LogP contribution in [0.2, 0.25) is 0 Å². The highest BCUT2D eigenvalue weighted by Crippen LogP contribution is 2.27. The molecule has 1 atom stereocenters. The Balaban J connectivity index is 2.39. The third-order valence-corrected chi connectivity index (χ3v) is 3.88. The number of likely N-dealkylation sites (N-methyl/N-ethyl adjacent to an activating group) is 1. The fraction of sp³-hybridized carbons (Fsp3) is 1.00. The van der Waals surface area contributed by atoms with E-state index in [1.807, 2.05) is 0 Å². The summed E-state index contributed by atoms with van der Waals surface area (Å²) in [5.74, 6) is 0.942. The molecule has 0 heterocycles. The predicted molar refractivity (Wildman–Crippen MR) is 62.3 cm³/mol. The van der Waals surface area contributed by atoms with Crippen LogP contribution in [-0.4, -0.2) is 30.6 Å². The molecule has 1 aliphatic rings. The molecule has 14 heavy (non-hydrogen) atoms. The molecular weight excluding hydrogens is 172 g/mol. The van der Waals surface area contributed by atoms with Crippen LogP contribution >= 0.6 is 0 Å². The van der Waals surface area contributed by atoms with Gasteiger partial charge in [0.05, 0.1) is 0 Å². The smallest absolute Gasteiger partial charge is 0.0215 e. The summed E-state index contributed by atoms with van der Waals surface area (Å²) in [6, 6.07) is 1.38. The number of rotatable bonds is 4. The normalized spacial score (nSPS) is 30.6. The average molecular weight is 198 g/mol. The SMILES string of the molecule is CCC(CN)N(C)C1CCC(C)CC1. The zero-order valence-corrected chi connectivity index (χ0v) is 10.00. The van der Waals surface area contributed by atoms with E-state index in [4.69, 9.17) is 5.73 Å². The minimum absolute atomic E-state index is 0.591. The first-order chi connectivity index (χ1) is 6.69. The van der Waals surface area contributed by atoms with Gasteiger partial charge in [0.1, 0.15) is 0 Å². The number of nitrogens with zero attached hydrogens (tertiary/aromatic N) is 1. The van der Waals surface area contributed by atoms with Gasteiger partial charge in [0.15, 0.2) is 0 Å². The van der Waals surface area contributed by atoms with Crippen molar-refractivity contribution in [3.8, 4) is 0 Å². The molecule has 0 radical (unpaired) electrons. The Kier molecular flexibility index (Phi) is 4.90. The Morgan fingerprint density at radius 3 is 2.29 bits per heavy atom. The van der Waals surface area contributed by atoms with Crippen LogP contribution in [0.15, 0.2) is 0 Å². The van der Waals surface area contributed by atoms with Gasteiger partial charge in [-0.05, 0) is 45.1 Å². The largest absolute Gasteiger partial charge is 0.329 e. The van der Waals surface area contributed by atoms with E-state index in [1.165, 1.54) is 32.1 Å². The molecule has 1 saturated carbocycles. The van der Waals surface area contributed by atoms with Crippen molar-refractivity contribution >= 4 is 0 Å². The van der Waals surface area contributed by atoms with Gasteiger partial charge in [0.25, 0.3) is 0 Å². The highest BCUT2D eigenvalue weighted by atomic mass is 15.2. The van der Waals surface area contributed by atoms with Gasteiger partial charge in [-0.2, -0.15) is 0 Å². The van der Waals surface area contributed by atoms with E-state index in [0.717, 1.165) is 18.5 Å². The Morgan fingerprint density at radius 2 is 1.86 bits per heavy atom. The molecule has 1 aliphatic carbocycles. The molecule has 0 aromatic rings. The second-order valence-electron chi connectivity index (χ2n) is 4.88. The van der Waals surface area contributed by atoms with Gasteiger partial charge < -0.3 is 5.73 Å². The fourth-order valence-corrected chi connectivity index (χ4v) is 2.57. The van der Waals surface area contributed by atoms with Crippen molar-refractivity contribution in [2.75, 3.05) is 13.6 Å². The lowest BCUT2D eigenvalue weighted by Crippen LogP contribution is -2.45. The average Bonchev–Trinajstić information content (AvgIpc) is 2.20. The summed E-state index contributed by atoms with van der Waals surface area (Å²) in [4.78, 5) is 2.52. The van der Waals surface area contributed by atoms with Crippen LogP contribution in [-0.2, 0) is 0 Å². The van der Waals surface area contributed by atoms with E-state index in [9.17, 15) is 0 Å². The summed E-state index contributed by atoms with van der Waals surface area (Å²) in [5, 5.41) is 0. The monoisotopic (exact) mass is 198 g/mol. The number of nitrogens with two attached hydrogens (primary N) is 1. The Labute approximate surface area is 88.8 Å². The number of hydrogen-bond acceptors (Lipinski definition) is 2. The van der Waals surface area contributed by atoms with E-state index in [1.54, 1.807) is 0 Å². The third-order valence-electron chi connectivity index (χ3n) is 3.88. The van der Waals surface area contributed by atoms with Crippen LogP contribution in [0.4, 0.5) is 0 Å². The van der Waals surface area contributed by atoms with Crippen LogP contribution < -0.4 is 5.73 Å². The quantitative estimate of drug-likeness (QED) is 0.750. The van der Waals surface area contributed by atoms with E-state index in [2.05, 4.69) is 25.8 Å². The van der Waals surface area contributed by atoms with Gasteiger partial charge in [-0.25, -0.2) is 0 Å². The molecule has 2 N–H and O–H groups in total. The van der Waals surface area contributed by atoms with Crippen LogP contribution in [0.5, 0.6) is 0 Å². The standard InChI is InChI=1S/C12H26N2/c1-4-11(9-13)14(3)12-7-5-10(2)6-8-12/h10-12H,4-9,13H2,1-3H3. The molecule has 2 heteroatoms. The zero-order chi connectivity index (χ0) is 10.6. The lowest BCUT2D eigenvalue weighted by molar-refractivity contribution is 0.123. The van der Waals surface area contributed by atoms with Crippen LogP contribution in [0.1, 0.15) is 46.0 Å². The first-order valence-electron chi connectivity index (χ1n) is 6.11. The predicted octanol–water partition coefficient (Wildman–Crippen LogP) is 2.23. The topological polar surface area (TPSA) is 29.3 Å². The molecule has 0 amide bonds. The van der Waals surface area contributed by atoms with Crippen molar-refractivity contribution in [1.82, 2.24) is 4.90 Å². The second-order valence-corrected chi connectivity index (χ2v) is 4.88. The fourth-order valence-electron chi connectivity index (χ4n) is 2.57. The van der Waals surface area contributed by atoms with E-state index >= 15 is 0 Å². The van der Waals surface area contributed by atoms with Gasteiger partial charge in [-0.1, -0.05) is 13.8 Å². The maximum Gasteiger partial charge on any atom is 0.0215 e. The molecule has 84 valence electrons. The van der Waals surface area contributed by atoms with Crippen molar-refractivity contribution in [2.45, 2.75) is 58.0 Å². The molecule has 0 spiro atoms. The van der Waals surface area contributed by atoms with Crippen LogP contribution in [0.25, 0.3) is 0 Å². The molecule has 0 aromatic heterocycles. The summed E-state index contributed by atoms with van der Waals surface area (Å²) in [5.41, 5.74) is 5.78. The van der Waals surface area contributed by atoms with Crippen molar-refractivity contribution in [2.24, 2.45) is 11.7 Å². The lowest BCUT2D eigenvalue weighted by Gasteiger charge is -2.37. The summed E-state index contributed by atoms with van der Waals surface area (Å²) >= 11 is 0. The van der Waals surface area contributed by atoms with Crippen LogP contribution in [0, 0.1) is 5.92 Å². The minimum atomic E-state index is 0.591. The van der Waals surface area contributed by atoms with Crippen LogP contribution in [0.3, 0.4) is 0 Å². The van der Waals surface area contributed by atoms with E-state index in [0.29, 0.717) is 6.04 Å². The van der Waals surface area contributed by atoms with Gasteiger partial charge in [0, 0.05) is 18.6 Å². The molecule has 1 rings (SSSR count). The maximum atomic E-state index is 5.78. The third kappa shape index (κ3) is 2.96. The minimum Gasteiger partial charge on any atom is -0.329 e. The molecule has 0 aliphatic heterocycles. The summed E-state index contributed by atoms with van der Waals surface area (Å²) in [6.45, 7) is 5.41. The van der Waals surface area contributed by atoms with Gasteiger partial charge in [-0.3, -0.25) is 4.90 Å². The second kappa shape index (κ2) is 5.72. The Hall–Kier alpha value is -0.0800. The van der Waals surface area contributed by atoms with Gasteiger partial charge in [-0.15, -0.1) is 0 Å². The van der Waals surface area contributed by atoms with E-state index in [-0.39, 0.29) is 0 Å². The molecule has 1 fully saturated rings. The molecule has 0 bridgehead atoms. The summed E-state index contributed by atoms with van der Waals surface area (Å²) in [7, 11) is 2.25. The van der Waals surface area contributed by atoms with Crippen molar-refractivity contribution < 1.29 is 0 Å². The zero-order valence-electron chi connectivity index (χ0n) is 10.00. The lowest BCUT2D eigenvalue weighted by atomic mass is 9.86.